The Morgan fingerprint density at radius 1 is 1.05 bits per heavy atom. The van der Waals surface area contributed by atoms with Gasteiger partial charge in [-0.3, -0.25) is 4.79 Å². The van der Waals surface area contributed by atoms with E-state index in [0.29, 0.717) is 0 Å². The molecule has 2 aromatic rings. The molecule has 2 aromatic carbocycles. The van der Waals surface area contributed by atoms with Crippen molar-refractivity contribution in [1.82, 2.24) is 0 Å². The van der Waals surface area contributed by atoms with Gasteiger partial charge in [0.1, 0.15) is 11.5 Å². The number of nitrogens with one attached hydrogen (secondary N) is 1. The zero-order valence-corrected chi connectivity index (χ0v) is 12.0. The highest BCUT2D eigenvalue weighted by molar-refractivity contribution is 9.10. The number of hydrogen-bond acceptors (Lipinski definition) is 1. The van der Waals surface area contributed by atoms with E-state index in [1.807, 2.05) is 5.32 Å². The minimum absolute atomic E-state index is 0.111. The highest BCUT2D eigenvalue weighted by atomic mass is 79.9. The van der Waals surface area contributed by atoms with Crippen LogP contribution in [0.3, 0.4) is 0 Å². The van der Waals surface area contributed by atoms with Crippen molar-refractivity contribution in [2.45, 2.75) is 0 Å². The van der Waals surface area contributed by atoms with Gasteiger partial charge in [-0.15, -0.1) is 0 Å². The summed E-state index contributed by atoms with van der Waals surface area (Å²) in [5.41, 5.74) is -1.01. The predicted octanol–water partition coefficient (Wildman–Crippen LogP) is 4.77. The zero-order valence-electron chi connectivity index (χ0n) is 9.68. The summed E-state index contributed by atoms with van der Waals surface area (Å²) in [4.78, 5) is 11.8. The van der Waals surface area contributed by atoms with Crippen molar-refractivity contribution in [2.24, 2.45) is 0 Å². The van der Waals surface area contributed by atoms with Crippen molar-refractivity contribution in [1.29, 1.82) is 0 Å². The molecule has 0 aliphatic carbocycles. The molecule has 0 bridgehead atoms. The van der Waals surface area contributed by atoms with E-state index in [1.165, 1.54) is 6.07 Å². The monoisotopic (exact) mass is 363 g/mol. The van der Waals surface area contributed by atoms with Gasteiger partial charge < -0.3 is 5.32 Å². The molecule has 0 aromatic heterocycles. The van der Waals surface area contributed by atoms with Crippen LogP contribution in [0.1, 0.15) is 10.4 Å². The second-order valence-electron chi connectivity index (χ2n) is 3.82. The van der Waals surface area contributed by atoms with E-state index < -0.39 is 29.0 Å². The predicted molar refractivity (Wildman–Crippen MR) is 73.4 cm³/mol. The molecule has 0 aliphatic heterocycles. The number of rotatable bonds is 2. The zero-order chi connectivity index (χ0) is 14.9. The Morgan fingerprint density at radius 2 is 1.65 bits per heavy atom. The van der Waals surface area contributed by atoms with Crippen LogP contribution in [0.2, 0.25) is 5.02 Å². The summed E-state index contributed by atoms with van der Waals surface area (Å²) in [6, 6.07) is 5.33. The van der Waals surface area contributed by atoms with Gasteiger partial charge in [-0.05, 0) is 30.3 Å². The van der Waals surface area contributed by atoms with E-state index in [4.69, 9.17) is 11.6 Å². The largest absolute Gasteiger partial charge is 0.317 e. The van der Waals surface area contributed by atoms with Crippen LogP contribution in [0.4, 0.5) is 18.9 Å². The van der Waals surface area contributed by atoms with Crippen LogP contribution in [-0.2, 0) is 0 Å². The molecule has 0 saturated carbocycles. The molecule has 0 fully saturated rings. The van der Waals surface area contributed by atoms with E-state index in [1.54, 1.807) is 0 Å². The number of anilines is 1. The lowest BCUT2D eigenvalue weighted by molar-refractivity contribution is 0.102. The minimum atomic E-state index is -0.973. The van der Waals surface area contributed by atoms with Crippen molar-refractivity contribution in [2.75, 3.05) is 5.32 Å². The first-order valence-corrected chi connectivity index (χ1v) is 6.46. The highest BCUT2D eigenvalue weighted by Gasteiger charge is 2.17. The summed E-state index contributed by atoms with van der Waals surface area (Å²) in [5, 5.41) is 2.10. The number of amides is 1. The smallest absolute Gasteiger partial charge is 0.258 e. The summed E-state index contributed by atoms with van der Waals surface area (Å²) in [6.45, 7) is 0. The number of carbonyl (C=O) groups excluding carboxylic acids is 1. The van der Waals surface area contributed by atoms with Crippen LogP contribution < -0.4 is 5.32 Å². The molecular formula is C13H6BrClF3NO. The van der Waals surface area contributed by atoms with Gasteiger partial charge in [0.05, 0.1) is 5.56 Å². The van der Waals surface area contributed by atoms with Gasteiger partial charge in [-0.25, -0.2) is 13.2 Å². The van der Waals surface area contributed by atoms with Gasteiger partial charge in [0, 0.05) is 9.50 Å². The Labute approximate surface area is 125 Å². The second kappa shape index (κ2) is 5.85. The second-order valence-corrected chi connectivity index (χ2v) is 5.17. The van der Waals surface area contributed by atoms with Crippen molar-refractivity contribution in [3.05, 3.63) is 62.8 Å². The molecule has 1 N–H and O–H groups in total. The van der Waals surface area contributed by atoms with E-state index in [9.17, 15) is 18.0 Å². The third-order valence-electron chi connectivity index (χ3n) is 2.42. The van der Waals surface area contributed by atoms with Gasteiger partial charge in [-0.2, -0.15) is 0 Å². The van der Waals surface area contributed by atoms with E-state index in [0.717, 1.165) is 24.3 Å². The molecular weight excluding hydrogens is 359 g/mol. The van der Waals surface area contributed by atoms with Gasteiger partial charge in [0.25, 0.3) is 5.91 Å². The average Bonchev–Trinajstić information content (AvgIpc) is 2.33. The molecule has 2 nitrogen and oxygen atoms in total. The fourth-order valence-corrected chi connectivity index (χ4v) is 2.08. The Hall–Kier alpha value is -1.53. The summed E-state index contributed by atoms with van der Waals surface area (Å²) in [7, 11) is 0. The number of carbonyl (C=O) groups is 1. The van der Waals surface area contributed by atoms with Crippen molar-refractivity contribution in [3.63, 3.8) is 0 Å². The molecule has 0 unspecified atom stereocenters. The molecule has 104 valence electrons. The molecule has 20 heavy (non-hydrogen) atoms. The van der Waals surface area contributed by atoms with Crippen LogP contribution >= 0.6 is 27.5 Å². The topological polar surface area (TPSA) is 29.1 Å². The Kier molecular flexibility index (Phi) is 4.35. The van der Waals surface area contributed by atoms with E-state index >= 15 is 0 Å². The lowest BCUT2D eigenvalue weighted by Crippen LogP contribution is -2.16. The van der Waals surface area contributed by atoms with Crippen LogP contribution in [0.25, 0.3) is 0 Å². The molecule has 0 atom stereocenters. The Balaban J connectivity index is 2.33. The average molecular weight is 365 g/mol. The number of hydrogen-bond donors (Lipinski definition) is 1. The Morgan fingerprint density at radius 3 is 2.20 bits per heavy atom. The van der Waals surface area contributed by atoms with Gasteiger partial charge in [0.2, 0.25) is 0 Å². The standard InChI is InChI=1S/C13H6BrClF3NO/c14-6-3-10(17)12(11(18)4-6)19-13(20)8-2-1-7(15)5-9(8)16/h1-5H,(H,19,20). The first kappa shape index (κ1) is 14.9. The fraction of sp³-hybridized carbons (Fsp3) is 0. The van der Waals surface area contributed by atoms with Crippen molar-refractivity contribution < 1.29 is 18.0 Å². The highest BCUT2D eigenvalue weighted by Crippen LogP contribution is 2.25. The maximum Gasteiger partial charge on any atom is 0.258 e. The molecule has 2 rings (SSSR count). The van der Waals surface area contributed by atoms with Crippen LogP contribution in [0.5, 0.6) is 0 Å². The fourth-order valence-electron chi connectivity index (χ4n) is 1.52. The molecule has 0 spiro atoms. The molecule has 7 heteroatoms. The number of benzene rings is 2. The SMILES string of the molecule is O=C(Nc1c(F)cc(Br)cc1F)c1ccc(Cl)cc1F. The van der Waals surface area contributed by atoms with E-state index in [-0.39, 0.29) is 15.1 Å². The maximum absolute atomic E-state index is 13.6. The quantitative estimate of drug-likeness (QED) is 0.817. The summed E-state index contributed by atoms with van der Waals surface area (Å²) >= 11 is 8.46. The molecule has 0 aliphatic rings. The third-order valence-corrected chi connectivity index (χ3v) is 3.11. The lowest BCUT2D eigenvalue weighted by atomic mass is 10.2. The third kappa shape index (κ3) is 3.13. The van der Waals surface area contributed by atoms with Gasteiger partial charge in [-0.1, -0.05) is 27.5 Å². The summed E-state index contributed by atoms with van der Waals surface area (Å²) in [6.07, 6.45) is 0. The molecule has 0 radical (unpaired) electrons. The van der Waals surface area contributed by atoms with E-state index in [2.05, 4.69) is 15.9 Å². The first-order chi connectivity index (χ1) is 9.38. The number of halogens is 5. The normalized spacial score (nSPS) is 10.4. The molecule has 0 heterocycles. The lowest BCUT2D eigenvalue weighted by Gasteiger charge is -2.09. The Bertz CT molecular complexity index is 670. The van der Waals surface area contributed by atoms with Crippen LogP contribution in [-0.4, -0.2) is 5.91 Å². The first-order valence-electron chi connectivity index (χ1n) is 5.29. The van der Waals surface area contributed by atoms with Crippen LogP contribution in [0.15, 0.2) is 34.8 Å². The summed E-state index contributed by atoms with van der Waals surface area (Å²) in [5.74, 6) is -3.80. The summed E-state index contributed by atoms with van der Waals surface area (Å²) < 4.78 is 40.8. The maximum atomic E-state index is 13.6. The van der Waals surface area contributed by atoms with Crippen LogP contribution in [0, 0.1) is 17.5 Å². The molecule has 1 amide bonds. The van der Waals surface area contributed by atoms with Gasteiger partial charge in [0.15, 0.2) is 11.6 Å². The van der Waals surface area contributed by atoms with Crippen molar-refractivity contribution >= 4 is 39.1 Å². The van der Waals surface area contributed by atoms with Crippen molar-refractivity contribution in [3.8, 4) is 0 Å². The molecule has 0 saturated heterocycles. The van der Waals surface area contributed by atoms with Gasteiger partial charge >= 0.3 is 0 Å². The minimum Gasteiger partial charge on any atom is -0.317 e.